The molecule has 0 aliphatic heterocycles. The number of halogens is 1. The van der Waals surface area contributed by atoms with Gasteiger partial charge in [0.2, 0.25) is 0 Å². The maximum Gasteiger partial charge on any atom is 0.343 e. The molecule has 0 heterocycles. The van der Waals surface area contributed by atoms with E-state index in [-0.39, 0.29) is 22.8 Å². The number of esters is 1. The van der Waals surface area contributed by atoms with Crippen LogP contribution in [0.1, 0.15) is 22.8 Å². The number of hydrogen-bond donors (Lipinski definition) is 1. The fourth-order valence-electron chi connectivity index (χ4n) is 2.92. The third-order valence-electron chi connectivity index (χ3n) is 4.59. The van der Waals surface area contributed by atoms with Crippen molar-refractivity contribution < 1.29 is 28.2 Å². The standard InChI is InChI=1S/C26H21FN2O5/c1-3-33-24-15-17(14-19(16-28)25(30)29-22-7-5-4-6-21(22)27)8-13-23(24)34-26(31)18-9-11-20(32-2)12-10-18/h4-15H,3H2,1-2H3,(H,29,30). The molecule has 0 atom stereocenters. The third kappa shape index (κ3) is 5.99. The van der Waals surface area contributed by atoms with Crippen molar-refractivity contribution >= 4 is 23.6 Å². The highest BCUT2D eigenvalue weighted by atomic mass is 19.1. The van der Waals surface area contributed by atoms with Crippen molar-refractivity contribution in [3.8, 4) is 23.3 Å². The second-order valence-corrected chi connectivity index (χ2v) is 6.86. The van der Waals surface area contributed by atoms with Crippen LogP contribution in [0.2, 0.25) is 0 Å². The van der Waals surface area contributed by atoms with E-state index in [9.17, 15) is 19.2 Å². The Balaban J connectivity index is 1.82. The van der Waals surface area contributed by atoms with Crippen molar-refractivity contribution in [2.24, 2.45) is 0 Å². The number of nitriles is 1. The van der Waals surface area contributed by atoms with Crippen LogP contribution in [-0.2, 0) is 4.79 Å². The van der Waals surface area contributed by atoms with Crippen LogP contribution in [-0.4, -0.2) is 25.6 Å². The van der Waals surface area contributed by atoms with E-state index in [0.29, 0.717) is 23.5 Å². The molecule has 0 saturated carbocycles. The first-order valence-corrected chi connectivity index (χ1v) is 10.3. The smallest absolute Gasteiger partial charge is 0.343 e. The van der Waals surface area contributed by atoms with Crippen LogP contribution in [0.4, 0.5) is 10.1 Å². The van der Waals surface area contributed by atoms with Crippen LogP contribution in [0.3, 0.4) is 0 Å². The maximum atomic E-state index is 13.8. The molecule has 0 unspecified atom stereocenters. The molecule has 3 aromatic carbocycles. The van der Waals surface area contributed by atoms with E-state index < -0.39 is 17.7 Å². The lowest BCUT2D eigenvalue weighted by Crippen LogP contribution is -2.14. The minimum Gasteiger partial charge on any atom is -0.497 e. The highest BCUT2D eigenvalue weighted by Crippen LogP contribution is 2.30. The Morgan fingerprint density at radius 1 is 1.06 bits per heavy atom. The number of hydrogen-bond acceptors (Lipinski definition) is 6. The van der Waals surface area contributed by atoms with E-state index in [4.69, 9.17) is 14.2 Å². The minimum atomic E-state index is -0.763. The average molecular weight is 460 g/mol. The van der Waals surface area contributed by atoms with E-state index in [1.807, 2.05) is 6.07 Å². The van der Waals surface area contributed by atoms with Crippen molar-refractivity contribution in [3.63, 3.8) is 0 Å². The fraction of sp³-hybridized carbons (Fsp3) is 0.115. The zero-order valence-corrected chi connectivity index (χ0v) is 18.5. The van der Waals surface area contributed by atoms with Gasteiger partial charge in [-0.2, -0.15) is 5.26 Å². The van der Waals surface area contributed by atoms with Gasteiger partial charge in [0.05, 0.1) is 25.0 Å². The molecule has 0 aliphatic carbocycles. The Hall–Kier alpha value is -4.64. The molecule has 0 bridgehead atoms. The summed E-state index contributed by atoms with van der Waals surface area (Å²) in [5, 5.41) is 11.8. The minimum absolute atomic E-state index is 0.0375. The van der Waals surface area contributed by atoms with Gasteiger partial charge in [-0.15, -0.1) is 0 Å². The molecule has 1 amide bonds. The van der Waals surface area contributed by atoms with Crippen molar-refractivity contribution in [3.05, 3.63) is 89.2 Å². The topological polar surface area (TPSA) is 97.6 Å². The molecule has 0 spiro atoms. The molecule has 8 heteroatoms. The summed E-state index contributed by atoms with van der Waals surface area (Å²) >= 11 is 0. The van der Waals surface area contributed by atoms with Gasteiger partial charge in [-0.3, -0.25) is 4.79 Å². The summed E-state index contributed by atoms with van der Waals surface area (Å²) in [6.07, 6.45) is 1.33. The predicted octanol–water partition coefficient (Wildman–Crippen LogP) is 5.00. The number of nitrogens with one attached hydrogen (secondary N) is 1. The largest absolute Gasteiger partial charge is 0.497 e. The Bertz CT molecular complexity index is 1260. The maximum absolute atomic E-state index is 13.8. The number of rotatable bonds is 8. The van der Waals surface area contributed by atoms with Crippen molar-refractivity contribution in [2.75, 3.05) is 19.0 Å². The lowest BCUT2D eigenvalue weighted by molar-refractivity contribution is -0.112. The van der Waals surface area contributed by atoms with Crippen LogP contribution in [0.5, 0.6) is 17.2 Å². The van der Waals surface area contributed by atoms with E-state index >= 15 is 0 Å². The number of methoxy groups -OCH3 is 1. The summed E-state index contributed by atoms with van der Waals surface area (Å²) in [7, 11) is 1.53. The first-order valence-electron chi connectivity index (χ1n) is 10.3. The van der Waals surface area contributed by atoms with E-state index in [1.54, 1.807) is 43.3 Å². The molecule has 0 aliphatic rings. The van der Waals surface area contributed by atoms with Gasteiger partial charge in [0.25, 0.3) is 5.91 Å². The fourth-order valence-corrected chi connectivity index (χ4v) is 2.92. The zero-order chi connectivity index (χ0) is 24.5. The molecule has 3 rings (SSSR count). The first-order chi connectivity index (χ1) is 16.4. The quantitative estimate of drug-likeness (QED) is 0.220. The van der Waals surface area contributed by atoms with E-state index in [0.717, 1.165) is 0 Å². The molecule has 34 heavy (non-hydrogen) atoms. The zero-order valence-electron chi connectivity index (χ0n) is 18.5. The van der Waals surface area contributed by atoms with Crippen molar-refractivity contribution in [2.45, 2.75) is 6.92 Å². The molecule has 7 nitrogen and oxygen atoms in total. The first kappa shape index (κ1) is 24.0. The third-order valence-corrected chi connectivity index (χ3v) is 4.59. The number of anilines is 1. The van der Waals surface area contributed by atoms with Crippen LogP contribution in [0, 0.1) is 17.1 Å². The second kappa shape index (κ2) is 11.3. The summed E-state index contributed by atoms with van der Waals surface area (Å²) in [5.41, 5.74) is 0.495. The highest BCUT2D eigenvalue weighted by molar-refractivity contribution is 6.09. The summed E-state index contributed by atoms with van der Waals surface area (Å²) in [6, 6.07) is 18.5. The van der Waals surface area contributed by atoms with Crippen LogP contribution < -0.4 is 19.5 Å². The van der Waals surface area contributed by atoms with Gasteiger partial charge in [0.15, 0.2) is 11.5 Å². The normalized spacial score (nSPS) is 10.7. The van der Waals surface area contributed by atoms with E-state index in [1.165, 1.54) is 43.5 Å². The summed E-state index contributed by atoms with van der Waals surface area (Å²) < 4.78 is 29.9. The number of carbonyl (C=O) groups is 2. The molecule has 0 saturated heterocycles. The second-order valence-electron chi connectivity index (χ2n) is 6.86. The lowest BCUT2D eigenvalue weighted by atomic mass is 10.1. The number of benzene rings is 3. The number of ether oxygens (including phenoxy) is 3. The van der Waals surface area contributed by atoms with Crippen LogP contribution in [0.15, 0.2) is 72.3 Å². The summed E-state index contributed by atoms with van der Waals surface area (Å²) in [4.78, 5) is 25.0. The number of carbonyl (C=O) groups excluding carboxylic acids is 2. The molecule has 0 fully saturated rings. The van der Waals surface area contributed by atoms with Crippen molar-refractivity contribution in [1.29, 1.82) is 5.26 Å². The van der Waals surface area contributed by atoms with Gasteiger partial charge in [0, 0.05) is 0 Å². The lowest BCUT2D eigenvalue weighted by Gasteiger charge is -2.12. The number of amides is 1. The Kier molecular flexibility index (Phi) is 7.97. The SMILES string of the molecule is CCOc1cc(C=C(C#N)C(=O)Nc2ccccc2F)ccc1OC(=O)c1ccc(OC)cc1. The van der Waals surface area contributed by atoms with Gasteiger partial charge in [-0.05, 0) is 67.1 Å². The monoisotopic (exact) mass is 460 g/mol. The van der Waals surface area contributed by atoms with Crippen LogP contribution in [0.25, 0.3) is 6.08 Å². The average Bonchev–Trinajstić information content (AvgIpc) is 2.85. The van der Waals surface area contributed by atoms with Crippen molar-refractivity contribution in [1.82, 2.24) is 0 Å². The summed E-state index contributed by atoms with van der Waals surface area (Å²) in [5.74, 6) is -0.932. The van der Waals surface area contributed by atoms with Gasteiger partial charge in [0.1, 0.15) is 23.2 Å². The molecule has 1 N–H and O–H groups in total. The number of nitrogens with zero attached hydrogens (tertiary/aromatic N) is 1. The van der Waals surface area contributed by atoms with Crippen LogP contribution >= 0.6 is 0 Å². The van der Waals surface area contributed by atoms with Gasteiger partial charge < -0.3 is 19.5 Å². The molecule has 0 aromatic heterocycles. The van der Waals surface area contributed by atoms with Gasteiger partial charge in [-0.1, -0.05) is 18.2 Å². The van der Waals surface area contributed by atoms with Gasteiger partial charge in [-0.25, -0.2) is 9.18 Å². The molecule has 0 radical (unpaired) electrons. The van der Waals surface area contributed by atoms with Gasteiger partial charge >= 0.3 is 5.97 Å². The highest BCUT2D eigenvalue weighted by Gasteiger charge is 2.15. The van der Waals surface area contributed by atoms with E-state index in [2.05, 4.69) is 5.32 Å². The molecular weight excluding hydrogens is 439 g/mol. The molecular formula is C26H21FN2O5. The summed E-state index contributed by atoms with van der Waals surface area (Å²) in [6.45, 7) is 2.05. The Labute approximate surface area is 196 Å². The predicted molar refractivity (Wildman–Crippen MR) is 124 cm³/mol. The Morgan fingerprint density at radius 2 is 1.79 bits per heavy atom. The molecule has 172 valence electrons. The Morgan fingerprint density at radius 3 is 2.44 bits per heavy atom. The number of para-hydroxylation sites is 1. The molecule has 3 aromatic rings.